The van der Waals surface area contributed by atoms with Gasteiger partial charge in [-0.15, -0.1) is 0 Å². The van der Waals surface area contributed by atoms with Crippen molar-refractivity contribution in [2.75, 3.05) is 18.5 Å². The van der Waals surface area contributed by atoms with E-state index in [2.05, 4.69) is 5.32 Å². The molecular formula is C17H13ClFNO3. The quantitative estimate of drug-likeness (QED) is 0.866. The van der Waals surface area contributed by atoms with Gasteiger partial charge in [0.25, 0.3) is 0 Å². The fraction of sp³-hybridized carbons (Fsp3) is 0.118. The molecular weight excluding hydrogens is 321 g/mol. The molecule has 2 aromatic rings. The normalized spacial score (nSPS) is 13.1. The molecule has 0 bridgehead atoms. The first-order valence-electron chi connectivity index (χ1n) is 6.95. The molecule has 0 unspecified atom stereocenters. The molecule has 0 fully saturated rings. The van der Waals surface area contributed by atoms with Crippen LogP contribution in [0, 0.1) is 5.82 Å². The number of rotatable bonds is 3. The smallest absolute Gasteiger partial charge is 0.248 e. The number of anilines is 1. The molecule has 0 atom stereocenters. The maximum Gasteiger partial charge on any atom is 0.248 e. The predicted octanol–water partition coefficient (Wildman–Crippen LogP) is 3.90. The number of carbonyl (C=O) groups is 1. The first kappa shape index (κ1) is 15.4. The molecule has 1 amide bonds. The lowest BCUT2D eigenvalue weighted by atomic mass is 10.2. The van der Waals surface area contributed by atoms with Gasteiger partial charge in [-0.25, -0.2) is 4.39 Å². The van der Waals surface area contributed by atoms with Crippen molar-refractivity contribution in [3.05, 3.63) is 58.9 Å². The van der Waals surface area contributed by atoms with Crippen molar-refractivity contribution in [1.82, 2.24) is 0 Å². The van der Waals surface area contributed by atoms with Gasteiger partial charge in [-0.2, -0.15) is 0 Å². The van der Waals surface area contributed by atoms with Crippen LogP contribution in [0.4, 0.5) is 10.1 Å². The van der Waals surface area contributed by atoms with Crippen molar-refractivity contribution >= 4 is 29.3 Å². The molecule has 1 N–H and O–H groups in total. The van der Waals surface area contributed by atoms with E-state index in [1.165, 1.54) is 24.3 Å². The van der Waals surface area contributed by atoms with Gasteiger partial charge in [0.1, 0.15) is 19.0 Å². The Bertz CT molecular complexity index is 776. The molecule has 0 aliphatic carbocycles. The third-order valence-corrected chi connectivity index (χ3v) is 3.47. The lowest BCUT2D eigenvalue weighted by Crippen LogP contribution is -2.15. The zero-order valence-electron chi connectivity index (χ0n) is 12.0. The fourth-order valence-electron chi connectivity index (χ4n) is 2.09. The van der Waals surface area contributed by atoms with Crippen molar-refractivity contribution in [2.45, 2.75) is 0 Å². The van der Waals surface area contributed by atoms with E-state index in [9.17, 15) is 9.18 Å². The van der Waals surface area contributed by atoms with Crippen molar-refractivity contribution in [2.24, 2.45) is 0 Å². The summed E-state index contributed by atoms with van der Waals surface area (Å²) >= 11 is 5.67. The van der Waals surface area contributed by atoms with Crippen molar-refractivity contribution in [3.8, 4) is 11.5 Å². The molecule has 23 heavy (non-hydrogen) atoms. The summed E-state index contributed by atoms with van der Waals surface area (Å²) in [5.41, 5.74) is 1.23. The van der Waals surface area contributed by atoms with Crippen LogP contribution in [0.25, 0.3) is 6.08 Å². The summed E-state index contributed by atoms with van der Waals surface area (Å²) in [6.07, 6.45) is 3.03. The summed E-state index contributed by atoms with van der Waals surface area (Å²) in [6.45, 7) is 1.04. The number of hydrogen-bond acceptors (Lipinski definition) is 3. The Balaban J connectivity index is 1.67. The van der Waals surface area contributed by atoms with Gasteiger partial charge in [-0.3, -0.25) is 4.79 Å². The minimum absolute atomic E-state index is 0.0429. The lowest BCUT2D eigenvalue weighted by Gasteiger charge is -2.18. The molecule has 3 rings (SSSR count). The maximum atomic E-state index is 13.1. The van der Waals surface area contributed by atoms with Gasteiger partial charge in [0.05, 0.1) is 5.02 Å². The Morgan fingerprint density at radius 1 is 1.13 bits per heavy atom. The van der Waals surface area contributed by atoms with Crippen LogP contribution in [0.3, 0.4) is 0 Å². The zero-order chi connectivity index (χ0) is 16.2. The van der Waals surface area contributed by atoms with E-state index in [-0.39, 0.29) is 10.9 Å². The van der Waals surface area contributed by atoms with Crippen LogP contribution in [0.2, 0.25) is 5.02 Å². The van der Waals surface area contributed by atoms with Gasteiger partial charge in [0.2, 0.25) is 5.91 Å². The van der Waals surface area contributed by atoms with Crippen LogP contribution in [-0.4, -0.2) is 19.1 Å². The molecule has 1 aliphatic heterocycles. The highest BCUT2D eigenvalue weighted by Gasteiger charge is 2.10. The number of nitrogens with one attached hydrogen (secondary N) is 1. The maximum absolute atomic E-state index is 13.1. The highest BCUT2D eigenvalue weighted by Crippen LogP contribution is 2.31. The molecule has 1 aliphatic rings. The topological polar surface area (TPSA) is 47.6 Å². The summed E-state index contributed by atoms with van der Waals surface area (Å²) in [5, 5.41) is 2.57. The monoisotopic (exact) mass is 333 g/mol. The molecule has 0 saturated carbocycles. The Hall–Kier alpha value is -2.53. The number of benzene rings is 2. The second kappa shape index (κ2) is 6.71. The molecule has 6 heteroatoms. The first-order chi connectivity index (χ1) is 11.1. The molecule has 0 aromatic heterocycles. The summed E-state index contributed by atoms with van der Waals surface area (Å²) in [6, 6.07) is 9.41. The van der Waals surface area contributed by atoms with E-state index in [1.807, 2.05) is 6.07 Å². The third-order valence-electron chi connectivity index (χ3n) is 3.18. The first-order valence-corrected chi connectivity index (χ1v) is 7.33. The average molecular weight is 334 g/mol. The molecule has 118 valence electrons. The highest BCUT2D eigenvalue weighted by molar-refractivity contribution is 6.31. The fourth-order valence-corrected chi connectivity index (χ4v) is 2.27. The number of amides is 1. The number of fused-ring (bicyclic) bond motifs is 1. The van der Waals surface area contributed by atoms with Gasteiger partial charge in [0.15, 0.2) is 11.5 Å². The predicted molar refractivity (Wildman–Crippen MR) is 86.5 cm³/mol. The van der Waals surface area contributed by atoms with Gasteiger partial charge >= 0.3 is 0 Å². The van der Waals surface area contributed by atoms with E-state index >= 15 is 0 Å². The Morgan fingerprint density at radius 3 is 2.70 bits per heavy atom. The largest absolute Gasteiger partial charge is 0.486 e. The summed E-state index contributed by atoms with van der Waals surface area (Å²) in [5.74, 6) is 0.474. The SMILES string of the molecule is O=C(/C=C/c1ccc2c(c1)OCCO2)Nc1ccc(F)c(Cl)c1. The lowest BCUT2D eigenvalue weighted by molar-refractivity contribution is -0.111. The Morgan fingerprint density at radius 2 is 1.91 bits per heavy atom. The molecule has 1 heterocycles. The van der Waals surface area contributed by atoms with E-state index < -0.39 is 5.82 Å². The molecule has 2 aromatic carbocycles. The molecule has 0 radical (unpaired) electrons. The van der Waals surface area contributed by atoms with Crippen molar-refractivity contribution in [1.29, 1.82) is 0 Å². The number of hydrogen-bond donors (Lipinski definition) is 1. The van der Waals surface area contributed by atoms with Gasteiger partial charge in [-0.05, 0) is 42.0 Å². The van der Waals surface area contributed by atoms with E-state index in [0.717, 1.165) is 5.56 Å². The molecule has 0 saturated heterocycles. The number of carbonyl (C=O) groups excluding carboxylic acids is 1. The van der Waals surface area contributed by atoms with Crippen LogP contribution in [-0.2, 0) is 4.79 Å². The minimum atomic E-state index is -0.531. The Labute approximate surface area is 137 Å². The third kappa shape index (κ3) is 3.81. The van der Waals surface area contributed by atoms with Gasteiger partial charge in [0, 0.05) is 11.8 Å². The zero-order valence-corrected chi connectivity index (χ0v) is 12.8. The summed E-state index contributed by atoms with van der Waals surface area (Å²) in [4.78, 5) is 11.9. The van der Waals surface area contributed by atoms with Crippen LogP contribution >= 0.6 is 11.6 Å². The summed E-state index contributed by atoms with van der Waals surface area (Å²) < 4.78 is 24.0. The minimum Gasteiger partial charge on any atom is -0.486 e. The van der Waals surface area contributed by atoms with Crippen molar-refractivity contribution in [3.63, 3.8) is 0 Å². The van der Waals surface area contributed by atoms with Crippen LogP contribution < -0.4 is 14.8 Å². The van der Waals surface area contributed by atoms with Crippen LogP contribution in [0.15, 0.2) is 42.5 Å². The Kier molecular flexibility index (Phi) is 4.48. The number of ether oxygens (including phenoxy) is 2. The highest BCUT2D eigenvalue weighted by atomic mass is 35.5. The van der Waals surface area contributed by atoms with Gasteiger partial charge < -0.3 is 14.8 Å². The molecule has 4 nitrogen and oxygen atoms in total. The van der Waals surface area contributed by atoms with E-state index in [0.29, 0.717) is 30.4 Å². The standard InChI is InChI=1S/C17H13ClFNO3/c18-13-10-12(3-4-14(13)19)20-17(21)6-2-11-1-5-15-16(9-11)23-8-7-22-15/h1-6,9-10H,7-8H2,(H,20,21)/b6-2+. The number of halogens is 2. The molecule has 0 spiro atoms. The van der Waals surface area contributed by atoms with Gasteiger partial charge in [-0.1, -0.05) is 17.7 Å². The average Bonchev–Trinajstić information content (AvgIpc) is 2.56. The van der Waals surface area contributed by atoms with Crippen LogP contribution in [0.1, 0.15) is 5.56 Å². The van der Waals surface area contributed by atoms with E-state index in [4.69, 9.17) is 21.1 Å². The second-order valence-corrected chi connectivity index (χ2v) is 5.26. The second-order valence-electron chi connectivity index (χ2n) is 4.85. The summed E-state index contributed by atoms with van der Waals surface area (Å²) in [7, 11) is 0. The van der Waals surface area contributed by atoms with E-state index in [1.54, 1.807) is 18.2 Å². The van der Waals surface area contributed by atoms with Crippen LogP contribution in [0.5, 0.6) is 11.5 Å². The van der Waals surface area contributed by atoms with Crippen molar-refractivity contribution < 1.29 is 18.7 Å².